The molecule has 7 heteroatoms. The molecule has 0 spiro atoms. The van der Waals surface area contributed by atoms with E-state index in [1.165, 1.54) is 12.1 Å². The first-order chi connectivity index (χ1) is 12.8. The molecule has 0 heterocycles. The summed E-state index contributed by atoms with van der Waals surface area (Å²) in [6, 6.07) is 12.4. The molecule has 0 saturated carbocycles. The van der Waals surface area contributed by atoms with Crippen molar-refractivity contribution in [3.05, 3.63) is 69.2 Å². The van der Waals surface area contributed by atoms with Gasteiger partial charge in [-0.2, -0.15) is 0 Å². The van der Waals surface area contributed by atoms with E-state index < -0.39 is 5.91 Å². The fraction of sp³-hybridized carbons (Fsp3) is 0.300. The van der Waals surface area contributed by atoms with Crippen molar-refractivity contribution in [2.24, 2.45) is 0 Å². The number of nitrogens with one attached hydrogen (secondary N) is 2. The van der Waals surface area contributed by atoms with Gasteiger partial charge in [-0.3, -0.25) is 9.59 Å². The molecular formula is C20H22Cl2N2O3. The standard InChI is InChI=1S/C20H22Cl2N2O3/c1-13(2)27-12-15-5-3-4-14(8-15)10-23-19(25)11-24-20(26)16-6-7-17(21)18(22)9-16/h3-9,13H,10-12H2,1-2H3,(H,23,25)(H,24,26). The summed E-state index contributed by atoms with van der Waals surface area (Å²) in [6.45, 7) is 4.73. The first-order valence-electron chi connectivity index (χ1n) is 8.54. The number of amides is 2. The van der Waals surface area contributed by atoms with Crippen LogP contribution in [0.15, 0.2) is 42.5 Å². The Labute approximate surface area is 169 Å². The van der Waals surface area contributed by atoms with Gasteiger partial charge in [-0.1, -0.05) is 47.5 Å². The van der Waals surface area contributed by atoms with Gasteiger partial charge in [0.15, 0.2) is 0 Å². The van der Waals surface area contributed by atoms with Gasteiger partial charge in [-0.05, 0) is 43.2 Å². The van der Waals surface area contributed by atoms with Crippen molar-refractivity contribution >= 4 is 35.0 Å². The molecule has 2 aromatic rings. The summed E-state index contributed by atoms with van der Waals surface area (Å²) < 4.78 is 5.58. The monoisotopic (exact) mass is 408 g/mol. The van der Waals surface area contributed by atoms with Crippen LogP contribution in [-0.4, -0.2) is 24.5 Å². The highest BCUT2D eigenvalue weighted by Gasteiger charge is 2.10. The smallest absolute Gasteiger partial charge is 0.251 e. The first kappa shape index (κ1) is 21.2. The molecule has 0 aliphatic carbocycles. The van der Waals surface area contributed by atoms with Crippen molar-refractivity contribution in [3.63, 3.8) is 0 Å². The fourth-order valence-corrected chi connectivity index (χ4v) is 2.55. The topological polar surface area (TPSA) is 67.4 Å². The Morgan fingerprint density at radius 1 is 1.00 bits per heavy atom. The lowest BCUT2D eigenvalue weighted by Gasteiger charge is -2.10. The molecule has 2 amide bonds. The zero-order valence-electron chi connectivity index (χ0n) is 15.2. The lowest BCUT2D eigenvalue weighted by molar-refractivity contribution is -0.120. The third-order valence-electron chi connectivity index (χ3n) is 3.66. The van der Waals surface area contributed by atoms with Crippen LogP contribution in [0, 0.1) is 0 Å². The fourth-order valence-electron chi connectivity index (χ4n) is 2.26. The van der Waals surface area contributed by atoms with E-state index in [2.05, 4.69) is 10.6 Å². The van der Waals surface area contributed by atoms with Gasteiger partial charge in [-0.25, -0.2) is 0 Å². The van der Waals surface area contributed by atoms with Crippen LogP contribution in [0.25, 0.3) is 0 Å². The van der Waals surface area contributed by atoms with Crippen molar-refractivity contribution in [1.29, 1.82) is 0 Å². The normalized spacial score (nSPS) is 10.7. The number of ether oxygens (including phenoxy) is 1. The van der Waals surface area contributed by atoms with E-state index in [9.17, 15) is 9.59 Å². The second-order valence-corrected chi connectivity index (χ2v) is 7.08. The molecule has 0 unspecified atom stereocenters. The Hall–Kier alpha value is -2.08. The van der Waals surface area contributed by atoms with Crippen molar-refractivity contribution in [2.45, 2.75) is 33.1 Å². The van der Waals surface area contributed by atoms with Crippen LogP contribution in [0.2, 0.25) is 10.0 Å². The van der Waals surface area contributed by atoms with Gasteiger partial charge in [-0.15, -0.1) is 0 Å². The van der Waals surface area contributed by atoms with Gasteiger partial charge >= 0.3 is 0 Å². The van der Waals surface area contributed by atoms with Gasteiger partial charge in [0.05, 0.1) is 29.3 Å². The molecule has 0 aliphatic heterocycles. The van der Waals surface area contributed by atoms with Crippen molar-refractivity contribution in [2.75, 3.05) is 6.54 Å². The number of hydrogen-bond donors (Lipinski definition) is 2. The van der Waals surface area contributed by atoms with Gasteiger partial charge in [0.1, 0.15) is 0 Å². The van der Waals surface area contributed by atoms with E-state index >= 15 is 0 Å². The molecule has 0 saturated heterocycles. The molecule has 2 N–H and O–H groups in total. The minimum atomic E-state index is -0.392. The molecule has 144 valence electrons. The summed E-state index contributed by atoms with van der Waals surface area (Å²) in [5.74, 6) is -0.677. The van der Waals surface area contributed by atoms with Crippen LogP contribution in [0.4, 0.5) is 0 Å². The highest BCUT2D eigenvalue weighted by Crippen LogP contribution is 2.22. The highest BCUT2D eigenvalue weighted by atomic mass is 35.5. The number of carbonyl (C=O) groups is 2. The maximum atomic E-state index is 12.1. The van der Waals surface area contributed by atoms with Crippen molar-refractivity contribution in [3.8, 4) is 0 Å². The van der Waals surface area contributed by atoms with Crippen molar-refractivity contribution < 1.29 is 14.3 Å². The third kappa shape index (κ3) is 7.21. The Bertz CT molecular complexity index is 810. The molecular weight excluding hydrogens is 387 g/mol. The van der Waals surface area contributed by atoms with Gasteiger partial charge in [0.2, 0.25) is 5.91 Å². The first-order valence-corrected chi connectivity index (χ1v) is 9.30. The summed E-state index contributed by atoms with van der Waals surface area (Å²) in [7, 11) is 0. The summed E-state index contributed by atoms with van der Waals surface area (Å²) in [6.07, 6.45) is 0.160. The van der Waals surface area contributed by atoms with E-state index in [-0.39, 0.29) is 23.6 Å². The number of benzene rings is 2. The Balaban J connectivity index is 1.79. The van der Waals surface area contributed by atoms with E-state index in [1.54, 1.807) is 6.07 Å². The summed E-state index contributed by atoms with van der Waals surface area (Å²) in [5, 5.41) is 5.98. The maximum Gasteiger partial charge on any atom is 0.251 e. The number of hydrogen-bond acceptors (Lipinski definition) is 3. The second-order valence-electron chi connectivity index (χ2n) is 6.27. The molecule has 27 heavy (non-hydrogen) atoms. The lowest BCUT2D eigenvalue weighted by atomic mass is 10.1. The van der Waals surface area contributed by atoms with E-state index in [0.29, 0.717) is 23.7 Å². The number of carbonyl (C=O) groups excluding carboxylic acids is 2. The van der Waals surface area contributed by atoms with Crippen LogP contribution < -0.4 is 10.6 Å². The summed E-state index contributed by atoms with van der Waals surface area (Å²) >= 11 is 11.7. The quantitative estimate of drug-likeness (QED) is 0.694. The number of halogens is 2. The lowest BCUT2D eigenvalue weighted by Crippen LogP contribution is -2.36. The molecule has 0 aromatic heterocycles. The highest BCUT2D eigenvalue weighted by molar-refractivity contribution is 6.42. The van der Waals surface area contributed by atoms with Gasteiger partial charge < -0.3 is 15.4 Å². The average Bonchev–Trinajstić information content (AvgIpc) is 2.65. The minimum absolute atomic E-state index is 0.130. The molecule has 0 radical (unpaired) electrons. The zero-order chi connectivity index (χ0) is 19.8. The van der Waals surface area contributed by atoms with Crippen molar-refractivity contribution in [1.82, 2.24) is 10.6 Å². The summed E-state index contributed by atoms with van der Waals surface area (Å²) in [5.41, 5.74) is 2.35. The van der Waals surface area contributed by atoms with Crippen LogP contribution in [0.5, 0.6) is 0 Å². The molecule has 2 aromatic carbocycles. The molecule has 2 rings (SSSR count). The van der Waals surface area contributed by atoms with Gasteiger partial charge in [0.25, 0.3) is 5.91 Å². The predicted molar refractivity (Wildman–Crippen MR) is 107 cm³/mol. The Morgan fingerprint density at radius 2 is 1.74 bits per heavy atom. The molecule has 0 bridgehead atoms. The zero-order valence-corrected chi connectivity index (χ0v) is 16.7. The van der Waals surface area contributed by atoms with Crippen LogP contribution in [0.3, 0.4) is 0 Å². The van der Waals surface area contributed by atoms with Gasteiger partial charge in [0, 0.05) is 12.1 Å². The maximum absolute atomic E-state index is 12.1. The Morgan fingerprint density at radius 3 is 2.44 bits per heavy atom. The second kappa shape index (κ2) is 10.3. The van der Waals surface area contributed by atoms with Crippen LogP contribution in [0.1, 0.15) is 35.3 Å². The predicted octanol–water partition coefficient (Wildman–Crippen LogP) is 3.96. The van der Waals surface area contributed by atoms with E-state index in [0.717, 1.165) is 11.1 Å². The molecule has 0 fully saturated rings. The van der Waals surface area contributed by atoms with E-state index in [4.69, 9.17) is 27.9 Å². The average molecular weight is 409 g/mol. The minimum Gasteiger partial charge on any atom is -0.374 e. The third-order valence-corrected chi connectivity index (χ3v) is 4.39. The SMILES string of the molecule is CC(C)OCc1cccc(CNC(=O)CNC(=O)c2ccc(Cl)c(Cl)c2)c1. The summed E-state index contributed by atoms with van der Waals surface area (Å²) in [4.78, 5) is 24.0. The number of rotatable bonds is 8. The van der Waals surface area contributed by atoms with Crippen LogP contribution in [-0.2, 0) is 22.7 Å². The van der Waals surface area contributed by atoms with Crippen LogP contribution >= 0.6 is 23.2 Å². The largest absolute Gasteiger partial charge is 0.374 e. The van der Waals surface area contributed by atoms with E-state index in [1.807, 2.05) is 38.1 Å². The molecule has 0 aliphatic rings. The Kier molecular flexibility index (Phi) is 8.10. The molecule has 5 nitrogen and oxygen atoms in total. The molecule has 0 atom stereocenters.